The van der Waals surface area contributed by atoms with Gasteiger partial charge in [0.2, 0.25) is 5.91 Å². The van der Waals surface area contributed by atoms with Crippen molar-refractivity contribution in [2.75, 3.05) is 13.1 Å². The van der Waals surface area contributed by atoms with Crippen molar-refractivity contribution in [3.8, 4) is 12.3 Å². The molecule has 1 aliphatic rings. The summed E-state index contributed by atoms with van der Waals surface area (Å²) in [6.45, 7) is 1.86. The summed E-state index contributed by atoms with van der Waals surface area (Å²) in [5.41, 5.74) is 0. The van der Waals surface area contributed by atoms with Gasteiger partial charge in [0.1, 0.15) is 0 Å². The Morgan fingerprint density at radius 3 is 3.00 bits per heavy atom. The van der Waals surface area contributed by atoms with Gasteiger partial charge in [0.25, 0.3) is 0 Å². The van der Waals surface area contributed by atoms with Gasteiger partial charge in [0.05, 0.1) is 0 Å². The van der Waals surface area contributed by atoms with Crippen molar-refractivity contribution in [1.82, 2.24) is 10.6 Å². The first-order valence-electron chi connectivity index (χ1n) is 6.26. The van der Waals surface area contributed by atoms with Crippen LogP contribution in [0.25, 0.3) is 0 Å². The smallest absolute Gasteiger partial charge is 0.220 e. The van der Waals surface area contributed by atoms with Gasteiger partial charge in [-0.25, -0.2) is 0 Å². The van der Waals surface area contributed by atoms with Crippen molar-refractivity contribution in [3.63, 3.8) is 0 Å². The first-order chi connectivity index (χ1) is 7.83. The molecule has 0 saturated carbocycles. The lowest BCUT2D eigenvalue weighted by Gasteiger charge is -2.23. The van der Waals surface area contributed by atoms with Crippen LogP contribution in [-0.2, 0) is 4.79 Å². The molecule has 3 nitrogen and oxygen atoms in total. The van der Waals surface area contributed by atoms with Gasteiger partial charge < -0.3 is 10.6 Å². The maximum atomic E-state index is 11.5. The van der Waals surface area contributed by atoms with Crippen molar-refractivity contribution in [3.05, 3.63) is 0 Å². The number of carbonyl (C=O) groups is 1. The standard InChI is InChI=1S/C13H22N2O/c1-2-3-4-5-9-13(16)15-11-12-8-6-7-10-14-12/h1,12,14H,3-11H2,(H,15,16). The van der Waals surface area contributed by atoms with E-state index in [0.29, 0.717) is 12.5 Å². The molecule has 1 aliphatic heterocycles. The van der Waals surface area contributed by atoms with Crippen LogP contribution in [0.3, 0.4) is 0 Å². The number of carbonyl (C=O) groups excluding carboxylic acids is 1. The summed E-state index contributed by atoms with van der Waals surface area (Å²) in [6, 6.07) is 0.475. The average Bonchev–Trinajstić information content (AvgIpc) is 2.33. The lowest BCUT2D eigenvalue weighted by atomic mass is 10.1. The molecule has 1 unspecified atom stereocenters. The molecule has 1 rings (SSSR count). The fourth-order valence-electron chi connectivity index (χ4n) is 1.94. The molecule has 0 aromatic heterocycles. The third kappa shape index (κ3) is 5.77. The molecule has 0 aliphatic carbocycles. The molecule has 1 heterocycles. The number of terminal acetylenes is 1. The third-order valence-corrected chi connectivity index (χ3v) is 2.93. The van der Waals surface area contributed by atoms with E-state index >= 15 is 0 Å². The van der Waals surface area contributed by atoms with E-state index in [0.717, 1.165) is 32.4 Å². The van der Waals surface area contributed by atoms with Crippen LogP contribution < -0.4 is 10.6 Å². The summed E-state index contributed by atoms with van der Waals surface area (Å²) in [5.74, 6) is 2.74. The van der Waals surface area contributed by atoms with Crippen LogP contribution in [0.4, 0.5) is 0 Å². The first kappa shape index (κ1) is 13.1. The summed E-state index contributed by atoms with van der Waals surface area (Å²) in [4.78, 5) is 11.5. The van der Waals surface area contributed by atoms with Gasteiger partial charge in [-0.1, -0.05) is 6.42 Å². The Morgan fingerprint density at radius 2 is 2.31 bits per heavy atom. The zero-order valence-corrected chi connectivity index (χ0v) is 9.93. The van der Waals surface area contributed by atoms with Gasteiger partial charge in [-0.2, -0.15) is 0 Å². The van der Waals surface area contributed by atoms with Crippen LogP contribution in [0.15, 0.2) is 0 Å². The highest BCUT2D eigenvalue weighted by Gasteiger charge is 2.12. The Balaban J connectivity index is 1.99. The van der Waals surface area contributed by atoms with E-state index < -0.39 is 0 Å². The van der Waals surface area contributed by atoms with Gasteiger partial charge in [0.15, 0.2) is 0 Å². The van der Waals surface area contributed by atoms with E-state index in [1.54, 1.807) is 0 Å². The second kappa shape index (κ2) is 8.18. The van der Waals surface area contributed by atoms with Crippen LogP contribution in [0, 0.1) is 12.3 Å². The van der Waals surface area contributed by atoms with Crippen molar-refractivity contribution in [1.29, 1.82) is 0 Å². The Hall–Kier alpha value is -1.01. The molecular formula is C13H22N2O. The molecule has 0 radical (unpaired) electrons. The van der Waals surface area contributed by atoms with E-state index in [4.69, 9.17) is 6.42 Å². The largest absolute Gasteiger partial charge is 0.355 e. The molecule has 0 aromatic carbocycles. The number of hydrogen-bond acceptors (Lipinski definition) is 2. The van der Waals surface area contributed by atoms with E-state index in [9.17, 15) is 4.79 Å². The van der Waals surface area contributed by atoms with Gasteiger partial charge >= 0.3 is 0 Å². The van der Waals surface area contributed by atoms with Crippen LogP contribution in [0.1, 0.15) is 44.9 Å². The number of piperidine rings is 1. The molecule has 1 fully saturated rings. The fraction of sp³-hybridized carbons (Fsp3) is 0.769. The fourth-order valence-corrected chi connectivity index (χ4v) is 1.94. The van der Waals surface area contributed by atoms with Crippen molar-refractivity contribution >= 4 is 5.91 Å². The summed E-state index contributed by atoms with van der Waals surface area (Å²) in [5, 5.41) is 6.39. The lowest BCUT2D eigenvalue weighted by Crippen LogP contribution is -2.43. The molecule has 3 heteroatoms. The van der Waals surface area contributed by atoms with E-state index in [1.807, 2.05) is 0 Å². The van der Waals surface area contributed by atoms with Gasteiger partial charge in [-0.15, -0.1) is 12.3 Å². The maximum Gasteiger partial charge on any atom is 0.220 e. The van der Waals surface area contributed by atoms with E-state index in [1.165, 1.54) is 19.3 Å². The predicted molar refractivity (Wildman–Crippen MR) is 66.0 cm³/mol. The van der Waals surface area contributed by atoms with Crippen molar-refractivity contribution in [2.45, 2.75) is 51.0 Å². The molecule has 2 N–H and O–H groups in total. The van der Waals surface area contributed by atoms with Gasteiger partial charge in [0, 0.05) is 25.4 Å². The maximum absolute atomic E-state index is 11.5. The monoisotopic (exact) mass is 222 g/mol. The Bertz CT molecular complexity index is 239. The highest BCUT2D eigenvalue weighted by atomic mass is 16.1. The molecule has 0 bridgehead atoms. The van der Waals surface area contributed by atoms with Crippen LogP contribution >= 0.6 is 0 Å². The highest BCUT2D eigenvalue weighted by molar-refractivity contribution is 5.75. The third-order valence-electron chi connectivity index (χ3n) is 2.93. The molecule has 16 heavy (non-hydrogen) atoms. The molecule has 90 valence electrons. The number of amides is 1. The number of rotatable bonds is 6. The minimum Gasteiger partial charge on any atom is -0.355 e. The average molecular weight is 222 g/mol. The molecule has 1 amide bonds. The second-order valence-electron chi connectivity index (χ2n) is 4.36. The molecular weight excluding hydrogens is 200 g/mol. The minimum absolute atomic E-state index is 0.157. The zero-order chi connectivity index (χ0) is 11.6. The van der Waals surface area contributed by atoms with E-state index in [2.05, 4.69) is 16.6 Å². The second-order valence-corrected chi connectivity index (χ2v) is 4.36. The molecule has 0 aromatic rings. The topological polar surface area (TPSA) is 41.1 Å². The Kier molecular flexibility index (Phi) is 6.67. The van der Waals surface area contributed by atoms with Crippen molar-refractivity contribution < 1.29 is 4.79 Å². The highest BCUT2D eigenvalue weighted by Crippen LogP contribution is 2.06. The molecule has 1 saturated heterocycles. The number of nitrogens with one attached hydrogen (secondary N) is 2. The summed E-state index contributed by atoms with van der Waals surface area (Å²) in [6.07, 6.45) is 12.1. The van der Waals surface area contributed by atoms with Crippen LogP contribution in [0.2, 0.25) is 0 Å². The van der Waals surface area contributed by atoms with E-state index in [-0.39, 0.29) is 5.91 Å². The minimum atomic E-state index is 0.157. The Labute approximate surface area is 98.4 Å². The summed E-state index contributed by atoms with van der Waals surface area (Å²) in [7, 11) is 0. The molecule has 1 atom stereocenters. The number of hydrogen-bond donors (Lipinski definition) is 2. The summed E-state index contributed by atoms with van der Waals surface area (Å²) >= 11 is 0. The quantitative estimate of drug-likeness (QED) is 0.527. The van der Waals surface area contributed by atoms with Gasteiger partial charge in [-0.3, -0.25) is 4.79 Å². The first-order valence-corrected chi connectivity index (χ1v) is 6.26. The summed E-state index contributed by atoms with van der Waals surface area (Å²) < 4.78 is 0. The predicted octanol–water partition coefficient (Wildman–Crippen LogP) is 1.44. The SMILES string of the molecule is C#CCCCCC(=O)NCC1CCCCN1. The normalized spacial score (nSPS) is 20.1. The molecule has 0 spiro atoms. The number of unbranched alkanes of at least 4 members (excludes halogenated alkanes) is 2. The Morgan fingerprint density at radius 1 is 1.44 bits per heavy atom. The lowest BCUT2D eigenvalue weighted by molar-refractivity contribution is -0.121. The van der Waals surface area contributed by atoms with Crippen LogP contribution in [-0.4, -0.2) is 25.0 Å². The van der Waals surface area contributed by atoms with Crippen molar-refractivity contribution in [2.24, 2.45) is 0 Å². The van der Waals surface area contributed by atoms with Gasteiger partial charge in [-0.05, 0) is 32.2 Å². The van der Waals surface area contributed by atoms with Crippen LogP contribution in [0.5, 0.6) is 0 Å². The zero-order valence-electron chi connectivity index (χ0n) is 9.93.